The molecule has 0 radical (unpaired) electrons. The van der Waals surface area contributed by atoms with Crippen molar-refractivity contribution in [2.75, 3.05) is 32.1 Å². The number of aryl methyl sites for hydroxylation is 2. The Hall–Kier alpha value is -1.57. The molecule has 162 valence electrons. The van der Waals surface area contributed by atoms with E-state index in [0.29, 0.717) is 31.6 Å². The summed E-state index contributed by atoms with van der Waals surface area (Å²) in [5.74, 6) is 0.324. The summed E-state index contributed by atoms with van der Waals surface area (Å²) in [4.78, 5) is 5.42. The van der Waals surface area contributed by atoms with E-state index >= 15 is 0 Å². The second kappa shape index (κ2) is 12.1. The van der Waals surface area contributed by atoms with Gasteiger partial charge in [0.1, 0.15) is 6.61 Å². The summed E-state index contributed by atoms with van der Waals surface area (Å²) in [5, 5.41) is 7.44. The fourth-order valence-electron chi connectivity index (χ4n) is 2.05. The van der Waals surface area contributed by atoms with Crippen molar-refractivity contribution < 1.29 is 30.8 Å². The molecule has 2 rings (SSSR count). The van der Waals surface area contributed by atoms with Crippen molar-refractivity contribution in [1.82, 2.24) is 5.32 Å². The first-order valence-electron chi connectivity index (χ1n) is 8.21. The molecule has 0 saturated carbocycles. The van der Waals surface area contributed by atoms with E-state index in [4.69, 9.17) is 19.7 Å². The van der Waals surface area contributed by atoms with Crippen molar-refractivity contribution in [2.24, 2.45) is 16.8 Å². The van der Waals surface area contributed by atoms with Crippen LogP contribution in [0.2, 0.25) is 0 Å². The Morgan fingerprint density at radius 3 is 2.14 bits per heavy atom. The molecule has 0 bridgehead atoms. The smallest absolute Gasteiger partial charge is 0.261 e. The Morgan fingerprint density at radius 1 is 1.14 bits per heavy atom. The SMILES string of the molecule is CS(=O)(=O)O.CS(=O)(=O)O.Cc1ccc(CO/N=C2\CNCC2CN)cc1C. The maximum atomic E-state index is 9.19. The van der Waals surface area contributed by atoms with Gasteiger partial charge in [-0.2, -0.15) is 16.8 Å². The topological polar surface area (TPSA) is 168 Å². The van der Waals surface area contributed by atoms with Gasteiger partial charge in [-0.05, 0) is 30.5 Å². The van der Waals surface area contributed by atoms with Gasteiger partial charge >= 0.3 is 0 Å². The monoisotopic (exact) mass is 439 g/mol. The van der Waals surface area contributed by atoms with E-state index in [-0.39, 0.29) is 0 Å². The number of hydrogen-bond donors (Lipinski definition) is 4. The molecule has 1 aromatic carbocycles. The molecule has 10 nitrogen and oxygen atoms in total. The highest BCUT2D eigenvalue weighted by atomic mass is 32.2. The first-order chi connectivity index (χ1) is 12.7. The predicted molar refractivity (Wildman–Crippen MR) is 108 cm³/mol. The van der Waals surface area contributed by atoms with Crippen molar-refractivity contribution >= 4 is 25.9 Å². The largest absolute Gasteiger partial charge is 0.391 e. The molecular formula is C16H29N3O7S2. The number of nitrogens with zero attached hydrogens (tertiary/aromatic N) is 1. The Kier molecular flexibility index (Phi) is 11.4. The zero-order valence-corrected chi connectivity index (χ0v) is 18.0. The molecule has 1 aliphatic rings. The van der Waals surface area contributed by atoms with Gasteiger partial charge in [0, 0.05) is 25.6 Å². The number of hydrogen-bond acceptors (Lipinski definition) is 8. The maximum absolute atomic E-state index is 9.19. The van der Waals surface area contributed by atoms with Crippen LogP contribution in [0.3, 0.4) is 0 Å². The summed E-state index contributed by atoms with van der Waals surface area (Å²) >= 11 is 0. The molecule has 1 fully saturated rings. The second-order valence-electron chi connectivity index (χ2n) is 6.30. The van der Waals surface area contributed by atoms with Crippen LogP contribution in [0.25, 0.3) is 0 Å². The molecular weight excluding hydrogens is 410 g/mol. The number of oxime groups is 1. The summed E-state index contributed by atoms with van der Waals surface area (Å²) < 4.78 is 51.7. The number of nitrogens with one attached hydrogen (secondary N) is 1. The fourth-order valence-corrected chi connectivity index (χ4v) is 2.05. The van der Waals surface area contributed by atoms with Gasteiger partial charge in [0.25, 0.3) is 20.2 Å². The average molecular weight is 440 g/mol. The standard InChI is InChI=1S/C14H21N3O.2CH4O3S/c1-10-3-4-12(5-11(10)2)9-18-17-14-8-16-7-13(14)6-15;2*1-5(2,3)4/h3-5,13,16H,6-9,15H2,1-2H3;2*1H3,(H,2,3,4)/b17-14+;;. The van der Waals surface area contributed by atoms with Crippen LogP contribution in [0, 0.1) is 19.8 Å². The van der Waals surface area contributed by atoms with Crippen molar-refractivity contribution in [3.8, 4) is 0 Å². The van der Waals surface area contributed by atoms with Crippen LogP contribution >= 0.6 is 0 Å². The van der Waals surface area contributed by atoms with Crippen LogP contribution in [-0.4, -0.2) is 63.8 Å². The highest BCUT2D eigenvalue weighted by Crippen LogP contribution is 2.11. The minimum absolute atomic E-state index is 0.324. The third-order valence-electron chi connectivity index (χ3n) is 3.44. The first-order valence-corrected chi connectivity index (χ1v) is 11.9. The van der Waals surface area contributed by atoms with Gasteiger partial charge in [-0.15, -0.1) is 0 Å². The summed E-state index contributed by atoms with van der Waals surface area (Å²) in [5.41, 5.74) is 10.4. The van der Waals surface area contributed by atoms with Crippen LogP contribution in [0.4, 0.5) is 0 Å². The van der Waals surface area contributed by atoms with Gasteiger partial charge < -0.3 is 15.9 Å². The van der Waals surface area contributed by atoms with Gasteiger partial charge in [-0.3, -0.25) is 9.11 Å². The molecule has 0 aliphatic carbocycles. The lowest BCUT2D eigenvalue weighted by atomic mass is 10.1. The van der Waals surface area contributed by atoms with Crippen LogP contribution in [0.1, 0.15) is 16.7 Å². The van der Waals surface area contributed by atoms with Crippen molar-refractivity contribution in [3.63, 3.8) is 0 Å². The van der Waals surface area contributed by atoms with Crippen molar-refractivity contribution in [3.05, 3.63) is 34.9 Å². The summed E-state index contributed by atoms with van der Waals surface area (Å²) in [6.45, 7) is 7.05. The number of nitrogens with two attached hydrogens (primary N) is 1. The number of rotatable bonds is 4. The highest BCUT2D eigenvalue weighted by molar-refractivity contribution is 7.85. The van der Waals surface area contributed by atoms with Gasteiger partial charge in [-0.25, -0.2) is 0 Å². The Balaban J connectivity index is 0.000000607. The number of benzene rings is 1. The normalized spacial score (nSPS) is 18.0. The molecule has 1 saturated heterocycles. The van der Waals surface area contributed by atoms with E-state index < -0.39 is 20.2 Å². The molecule has 1 unspecified atom stereocenters. The van der Waals surface area contributed by atoms with Gasteiger partial charge in [0.15, 0.2) is 0 Å². The second-order valence-corrected chi connectivity index (χ2v) is 9.24. The lowest BCUT2D eigenvalue weighted by Gasteiger charge is -2.07. The van der Waals surface area contributed by atoms with E-state index in [2.05, 4.69) is 42.5 Å². The maximum Gasteiger partial charge on any atom is 0.261 e. The molecule has 5 N–H and O–H groups in total. The van der Waals surface area contributed by atoms with Gasteiger partial charge in [0.05, 0.1) is 18.2 Å². The lowest BCUT2D eigenvalue weighted by molar-refractivity contribution is 0.129. The molecule has 1 atom stereocenters. The van der Waals surface area contributed by atoms with Crippen LogP contribution < -0.4 is 11.1 Å². The van der Waals surface area contributed by atoms with E-state index in [0.717, 1.165) is 24.4 Å². The van der Waals surface area contributed by atoms with E-state index in [1.54, 1.807) is 0 Å². The van der Waals surface area contributed by atoms with Crippen LogP contribution in [0.15, 0.2) is 23.4 Å². The minimum Gasteiger partial charge on any atom is -0.391 e. The summed E-state index contributed by atoms with van der Waals surface area (Å²) in [6.07, 6.45) is 1.43. The zero-order chi connectivity index (χ0) is 22.0. The summed E-state index contributed by atoms with van der Waals surface area (Å²) in [6, 6.07) is 6.33. The van der Waals surface area contributed by atoms with Crippen LogP contribution in [0.5, 0.6) is 0 Å². The predicted octanol–water partition coefficient (Wildman–Crippen LogP) is 0.362. The molecule has 28 heavy (non-hydrogen) atoms. The van der Waals surface area contributed by atoms with Crippen molar-refractivity contribution in [2.45, 2.75) is 20.5 Å². The minimum atomic E-state index is -3.67. The molecule has 1 aromatic rings. The third-order valence-corrected chi connectivity index (χ3v) is 3.44. The molecule has 1 heterocycles. The fraction of sp³-hybridized carbons (Fsp3) is 0.562. The zero-order valence-electron chi connectivity index (χ0n) is 16.4. The quantitative estimate of drug-likeness (QED) is 0.382. The van der Waals surface area contributed by atoms with Crippen LogP contribution in [-0.2, 0) is 31.7 Å². The molecule has 1 aliphatic heterocycles. The average Bonchev–Trinajstić information content (AvgIpc) is 2.95. The Labute approximate surface area is 166 Å². The first kappa shape index (κ1) is 26.4. The third kappa shape index (κ3) is 15.5. The Bertz CT molecular complexity index is 807. The highest BCUT2D eigenvalue weighted by Gasteiger charge is 2.21. The van der Waals surface area contributed by atoms with E-state index in [1.807, 2.05) is 0 Å². The summed E-state index contributed by atoms with van der Waals surface area (Å²) in [7, 11) is -7.33. The molecule has 12 heteroatoms. The Morgan fingerprint density at radius 2 is 1.68 bits per heavy atom. The van der Waals surface area contributed by atoms with Crippen molar-refractivity contribution in [1.29, 1.82) is 0 Å². The van der Waals surface area contributed by atoms with E-state index in [9.17, 15) is 16.8 Å². The molecule has 0 amide bonds. The molecule has 0 spiro atoms. The lowest BCUT2D eigenvalue weighted by Crippen LogP contribution is -2.22. The van der Waals surface area contributed by atoms with Gasteiger partial charge in [0.2, 0.25) is 0 Å². The van der Waals surface area contributed by atoms with E-state index in [1.165, 1.54) is 11.1 Å². The van der Waals surface area contributed by atoms with Gasteiger partial charge in [-0.1, -0.05) is 23.4 Å². The molecule has 0 aromatic heterocycles.